The third kappa shape index (κ3) is 3.07. The lowest BCUT2D eigenvalue weighted by Crippen LogP contribution is -1.99. The molecule has 0 aliphatic carbocycles. The Morgan fingerprint density at radius 2 is 2.06 bits per heavy atom. The number of hydrogen-bond donors (Lipinski definition) is 0. The van der Waals surface area contributed by atoms with Crippen molar-refractivity contribution in [3.8, 4) is 5.75 Å². The summed E-state index contributed by atoms with van der Waals surface area (Å²) in [6.07, 6.45) is 0. The number of benzene rings is 1. The molecular weight excluding hydrogens is 230 g/mol. The van der Waals surface area contributed by atoms with Gasteiger partial charge in [0.15, 0.2) is 0 Å². The Kier molecular flexibility index (Phi) is 3.79. The molecule has 0 N–H and O–H groups in total. The van der Waals surface area contributed by atoms with Gasteiger partial charge in [-0.1, -0.05) is 32.0 Å². The van der Waals surface area contributed by atoms with Crippen molar-refractivity contribution in [1.82, 2.24) is 4.98 Å². The normalized spacial score (nSPS) is 10.8. The first-order valence-electron chi connectivity index (χ1n) is 5.79. The molecule has 0 unspecified atom stereocenters. The number of thiazole rings is 1. The lowest BCUT2D eigenvalue weighted by molar-refractivity contribution is 0.301. The number of nitrogens with zero attached hydrogens (tertiary/aromatic N) is 1. The van der Waals surface area contributed by atoms with Crippen molar-refractivity contribution in [3.63, 3.8) is 0 Å². The number of hydrogen-bond acceptors (Lipinski definition) is 3. The highest BCUT2D eigenvalue weighted by molar-refractivity contribution is 7.09. The minimum Gasteiger partial charge on any atom is -0.486 e. The molecule has 3 heteroatoms. The quantitative estimate of drug-likeness (QED) is 0.809. The van der Waals surface area contributed by atoms with Crippen LogP contribution in [0.1, 0.15) is 36.0 Å². The summed E-state index contributed by atoms with van der Waals surface area (Å²) in [5.74, 6) is 1.44. The van der Waals surface area contributed by atoms with Crippen LogP contribution in [0.5, 0.6) is 5.75 Å². The summed E-state index contributed by atoms with van der Waals surface area (Å²) < 4.78 is 5.85. The van der Waals surface area contributed by atoms with Gasteiger partial charge in [0.2, 0.25) is 0 Å². The second-order valence-corrected chi connectivity index (χ2v) is 5.31. The smallest absolute Gasteiger partial charge is 0.140 e. The Morgan fingerprint density at radius 3 is 2.71 bits per heavy atom. The molecule has 1 aromatic heterocycles. The first-order chi connectivity index (χ1) is 8.16. The minimum absolute atomic E-state index is 0.476. The van der Waals surface area contributed by atoms with Crippen LogP contribution in [0, 0.1) is 6.92 Å². The molecule has 2 nitrogen and oxygen atoms in total. The first-order valence-corrected chi connectivity index (χ1v) is 6.67. The van der Waals surface area contributed by atoms with Crippen LogP contribution in [0.3, 0.4) is 0 Å². The predicted molar refractivity (Wildman–Crippen MR) is 71.7 cm³/mol. The van der Waals surface area contributed by atoms with Crippen LogP contribution in [0.15, 0.2) is 29.6 Å². The fourth-order valence-corrected chi connectivity index (χ4v) is 2.38. The average Bonchev–Trinajstić information content (AvgIpc) is 2.73. The number of aromatic nitrogens is 1. The van der Waals surface area contributed by atoms with E-state index in [9.17, 15) is 0 Å². The van der Waals surface area contributed by atoms with E-state index >= 15 is 0 Å². The molecule has 2 rings (SSSR count). The summed E-state index contributed by atoms with van der Waals surface area (Å²) in [7, 11) is 0. The standard InChI is InChI=1S/C14H17NOS/c1-10(2)12-6-4-5-7-13(12)16-8-14-15-11(3)9-17-14/h4-7,9-10H,8H2,1-3H3. The van der Waals surface area contributed by atoms with Crippen molar-refractivity contribution in [1.29, 1.82) is 0 Å². The largest absolute Gasteiger partial charge is 0.486 e. The minimum atomic E-state index is 0.476. The van der Waals surface area contributed by atoms with Gasteiger partial charge in [-0.3, -0.25) is 0 Å². The molecular formula is C14H17NOS. The van der Waals surface area contributed by atoms with Gasteiger partial charge in [0, 0.05) is 11.1 Å². The molecule has 90 valence electrons. The SMILES string of the molecule is Cc1csc(COc2ccccc2C(C)C)n1. The Bertz CT molecular complexity index is 490. The molecule has 0 aliphatic rings. The van der Waals surface area contributed by atoms with Gasteiger partial charge in [-0.2, -0.15) is 0 Å². The molecule has 0 fully saturated rings. The zero-order chi connectivity index (χ0) is 12.3. The lowest BCUT2D eigenvalue weighted by Gasteiger charge is -2.12. The van der Waals surface area contributed by atoms with Gasteiger partial charge in [-0.15, -0.1) is 11.3 Å². The summed E-state index contributed by atoms with van der Waals surface area (Å²) in [6, 6.07) is 8.20. The fourth-order valence-electron chi connectivity index (χ4n) is 1.70. The molecule has 2 aromatic rings. The maximum absolute atomic E-state index is 5.85. The van der Waals surface area contributed by atoms with E-state index in [2.05, 4.69) is 31.0 Å². The van der Waals surface area contributed by atoms with E-state index in [1.54, 1.807) is 11.3 Å². The van der Waals surface area contributed by atoms with Crippen molar-refractivity contribution in [2.75, 3.05) is 0 Å². The summed E-state index contributed by atoms with van der Waals surface area (Å²) in [5, 5.41) is 3.08. The highest BCUT2D eigenvalue weighted by atomic mass is 32.1. The van der Waals surface area contributed by atoms with E-state index < -0.39 is 0 Å². The van der Waals surface area contributed by atoms with Gasteiger partial charge in [0.25, 0.3) is 0 Å². The van der Waals surface area contributed by atoms with E-state index in [0.717, 1.165) is 16.5 Å². The van der Waals surface area contributed by atoms with Crippen molar-refractivity contribution >= 4 is 11.3 Å². The van der Waals surface area contributed by atoms with Gasteiger partial charge in [-0.25, -0.2) is 4.98 Å². The Labute approximate surface area is 106 Å². The Morgan fingerprint density at radius 1 is 1.29 bits per heavy atom. The average molecular weight is 247 g/mol. The van der Waals surface area contributed by atoms with Crippen LogP contribution in [0.2, 0.25) is 0 Å². The van der Waals surface area contributed by atoms with E-state index in [1.807, 2.05) is 24.4 Å². The number of para-hydroxylation sites is 1. The second kappa shape index (κ2) is 5.32. The molecule has 1 aromatic carbocycles. The predicted octanol–water partition coefficient (Wildman–Crippen LogP) is 4.15. The van der Waals surface area contributed by atoms with Crippen LogP contribution in [0.4, 0.5) is 0 Å². The van der Waals surface area contributed by atoms with Crippen molar-refractivity contribution < 1.29 is 4.74 Å². The van der Waals surface area contributed by atoms with Gasteiger partial charge >= 0.3 is 0 Å². The molecule has 0 amide bonds. The van der Waals surface area contributed by atoms with E-state index in [-0.39, 0.29) is 0 Å². The number of ether oxygens (including phenoxy) is 1. The molecule has 0 spiro atoms. The van der Waals surface area contributed by atoms with E-state index in [0.29, 0.717) is 12.5 Å². The Hall–Kier alpha value is -1.35. The van der Waals surface area contributed by atoms with Crippen LogP contribution in [0.25, 0.3) is 0 Å². The maximum Gasteiger partial charge on any atom is 0.140 e. The molecule has 0 saturated heterocycles. The van der Waals surface area contributed by atoms with Crippen molar-refractivity contribution in [3.05, 3.63) is 45.9 Å². The molecule has 17 heavy (non-hydrogen) atoms. The molecule has 0 atom stereocenters. The molecule has 1 heterocycles. The van der Waals surface area contributed by atoms with E-state index in [1.165, 1.54) is 5.56 Å². The van der Waals surface area contributed by atoms with Crippen LogP contribution >= 0.6 is 11.3 Å². The van der Waals surface area contributed by atoms with Gasteiger partial charge in [-0.05, 0) is 24.5 Å². The van der Waals surface area contributed by atoms with Crippen molar-refractivity contribution in [2.45, 2.75) is 33.3 Å². The summed E-state index contributed by atoms with van der Waals surface area (Å²) >= 11 is 1.65. The lowest BCUT2D eigenvalue weighted by atomic mass is 10.0. The first kappa shape index (κ1) is 12.1. The van der Waals surface area contributed by atoms with Gasteiger partial charge < -0.3 is 4.74 Å². The summed E-state index contributed by atoms with van der Waals surface area (Å²) in [6.45, 7) is 6.91. The zero-order valence-corrected chi connectivity index (χ0v) is 11.3. The van der Waals surface area contributed by atoms with Crippen molar-refractivity contribution in [2.24, 2.45) is 0 Å². The maximum atomic E-state index is 5.85. The van der Waals surface area contributed by atoms with E-state index in [4.69, 9.17) is 4.74 Å². The van der Waals surface area contributed by atoms with Crippen LogP contribution in [-0.4, -0.2) is 4.98 Å². The summed E-state index contributed by atoms with van der Waals surface area (Å²) in [5.41, 5.74) is 2.31. The second-order valence-electron chi connectivity index (χ2n) is 4.36. The molecule has 0 saturated carbocycles. The number of aryl methyl sites for hydroxylation is 1. The monoisotopic (exact) mass is 247 g/mol. The van der Waals surface area contributed by atoms with Crippen LogP contribution in [-0.2, 0) is 6.61 Å². The zero-order valence-electron chi connectivity index (χ0n) is 10.4. The highest BCUT2D eigenvalue weighted by Gasteiger charge is 2.07. The number of rotatable bonds is 4. The fraction of sp³-hybridized carbons (Fsp3) is 0.357. The Balaban J connectivity index is 2.08. The topological polar surface area (TPSA) is 22.1 Å². The third-order valence-electron chi connectivity index (χ3n) is 2.56. The molecule has 0 bridgehead atoms. The summed E-state index contributed by atoms with van der Waals surface area (Å²) in [4.78, 5) is 4.39. The van der Waals surface area contributed by atoms with Crippen LogP contribution < -0.4 is 4.74 Å². The highest BCUT2D eigenvalue weighted by Crippen LogP contribution is 2.26. The molecule has 0 aliphatic heterocycles. The molecule has 0 radical (unpaired) electrons. The third-order valence-corrected chi connectivity index (χ3v) is 3.50. The van der Waals surface area contributed by atoms with Gasteiger partial charge in [0.05, 0.1) is 0 Å². The van der Waals surface area contributed by atoms with Gasteiger partial charge in [0.1, 0.15) is 17.4 Å².